The maximum atomic E-state index is 8.14. The molecule has 0 rings (SSSR count). The molecule has 0 unspecified atom stereocenters. The predicted octanol–water partition coefficient (Wildman–Crippen LogP) is -1.14. The fraction of sp³-hybridized carbons (Fsp3) is 1.00. The van der Waals surface area contributed by atoms with E-state index in [2.05, 4.69) is 5.40 Å². The average molecular weight is 121 g/mol. The van der Waals surface area contributed by atoms with Gasteiger partial charge in [0, 0.05) is 6.61 Å². The van der Waals surface area contributed by atoms with Crippen LogP contribution in [-0.2, 0) is 0 Å². The first-order valence-electron chi connectivity index (χ1n) is 2.46. The molecule has 0 atom stereocenters. The molecular formula is C4H15NOSi. The highest BCUT2D eigenvalue weighted by Gasteiger charge is 1.81. The summed E-state index contributed by atoms with van der Waals surface area (Å²) < 4.78 is 0. The van der Waals surface area contributed by atoms with Gasteiger partial charge in [-0.2, -0.15) is 0 Å². The standard InChI is InChI=1S/C4H10O.H5NSi/c1-4(2)3-5;1-2/h4-5H,3H2,1-2H3;1H2,2H3. The molecule has 0 fully saturated rings. The van der Waals surface area contributed by atoms with E-state index >= 15 is 0 Å². The summed E-state index contributed by atoms with van der Waals surface area (Å²) in [5.41, 5.74) is 0. The van der Waals surface area contributed by atoms with E-state index < -0.39 is 0 Å². The van der Waals surface area contributed by atoms with Crippen molar-refractivity contribution in [2.45, 2.75) is 13.8 Å². The molecule has 0 bridgehead atoms. The summed E-state index contributed by atoms with van der Waals surface area (Å²) in [6.07, 6.45) is 0. The zero-order valence-electron chi connectivity index (χ0n) is 5.31. The maximum Gasteiger partial charge on any atom is 0.0716 e. The molecule has 0 saturated carbocycles. The fourth-order valence-electron chi connectivity index (χ4n) is 0. The topological polar surface area (TPSA) is 46.2 Å². The van der Waals surface area contributed by atoms with Crippen LogP contribution in [0.15, 0.2) is 0 Å². The summed E-state index contributed by atoms with van der Waals surface area (Å²) in [4.78, 5) is 0. The molecule has 3 heteroatoms. The van der Waals surface area contributed by atoms with Gasteiger partial charge in [0.05, 0.1) is 10.4 Å². The molecule has 0 radical (unpaired) electrons. The highest BCUT2D eigenvalue weighted by molar-refractivity contribution is 6.02. The van der Waals surface area contributed by atoms with Crippen molar-refractivity contribution in [2.24, 2.45) is 11.3 Å². The molecular weight excluding hydrogens is 106 g/mol. The SMILES string of the molecule is CC(C)CO.N[SiH3]. The van der Waals surface area contributed by atoms with E-state index in [1.54, 1.807) is 0 Å². The first-order chi connectivity index (χ1) is 3.27. The van der Waals surface area contributed by atoms with Gasteiger partial charge in [-0.25, -0.2) is 0 Å². The van der Waals surface area contributed by atoms with Crippen LogP contribution in [0.5, 0.6) is 0 Å². The number of aliphatic hydroxyl groups is 1. The molecule has 3 N–H and O–H groups in total. The van der Waals surface area contributed by atoms with Crippen molar-refractivity contribution in [2.75, 3.05) is 6.61 Å². The first kappa shape index (κ1) is 10.2. The highest BCUT2D eigenvalue weighted by atomic mass is 28.2. The summed E-state index contributed by atoms with van der Waals surface area (Å²) in [6.45, 7) is 4.25. The lowest BCUT2D eigenvalue weighted by atomic mass is 10.2. The molecule has 0 saturated heterocycles. The lowest BCUT2D eigenvalue weighted by Gasteiger charge is -1.90. The number of rotatable bonds is 1. The van der Waals surface area contributed by atoms with Gasteiger partial charge < -0.3 is 10.5 Å². The second-order valence-corrected chi connectivity index (χ2v) is 1.58. The molecule has 46 valence electrons. The van der Waals surface area contributed by atoms with Gasteiger partial charge in [-0.05, 0) is 5.92 Å². The summed E-state index contributed by atoms with van der Waals surface area (Å²) in [5, 5.41) is 12.8. The zero-order chi connectivity index (χ0) is 6.28. The van der Waals surface area contributed by atoms with Gasteiger partial charge in [-0.1, -0.05) is 13.8 Å². The molecule has 0 heterocycles. The van der Waals surface area contributed by atoms with Crippen LogP contribution in [0.25, 0.3) is 0 Å². The minimum Gasteiger partial charge on any atom is -0.396 e. The van der Waals surface area contributed by atoms with Gasteiger partial charge in [0.2, 0.25) is 0 Å². The third-order valence-electron chi connectivity index (χ3n) is 0.365. The Morgan fingerprint density at radius 2 is 1.71 bits per heavy atom. The normalized spacial score (nSPS) is 8.14. The Balaban J connectivity index is 0. The van der Waals surface area contributed by atoms with Gasteiger partial charge in [0.1, 0.15) is 0 Å². The van der Waals surface area contributed by atoms with Gasteiger partial charge in [0.25, 0.3) is 0 Å². The Morgan fingerprint density at radius 1 is 1.57 bits per heavy atom. The van der Waals surface area contributed by atoms with Crippen molar-refractivity contribution < 1.29 is 5.11 Å². The Morgan fingerprint density at radius 3 is 1.71 bits per heavy atom. The lowest BCUT2D eigenvalue weighted by molar-refractivity contribution is 0.248. The minimum absolute atomic E-state index is 0.306. The number of hydrogen-bond donors (Lipinski definition) is 2. The van der Waals surface area contributed by atoms with E-state index in [0.717, 1.165) is 10.4 Å². The van der Waals surface area contributed by atoms with Crippen molar-refractivity contribution in [3.8, 4) is 0 Å². The van der Waals surface area contributed by atoms with Crippen LogP contribution in [0.1, 0.15) is 13.8 Å². The molecule has 0 aromatic heterocycles. The third-order valence-corrected chi connectivity index (χ3v) is 0.365. The van der Waals surface area contributed by atoms with Crippen LogP contribution in [-0.4, -0.2) is 22.1 Å². The van der Waals surface area contributed by atoms with E-state index in [1.165, 1.54) is 0 Å². The van der Waals surface area contributed by atoms with Gasteiger partial charge in [-0.15, -0.1) is 0 Å². The summed E-state index contributed by atoms with van der Waals surface area (Å²) in [5.74, 6) is 0.440. The predicted molar refractivity (Wildman–Crippen MR) is 36.1 cm³/mol. The lowest BCUT2D eigenvalue weighted by Crippen LogP contribution is -1.90. The smallest absolute Gasteiger partial charge is 0.0716 e. The Hall–Kier alpha value is 0.137. The van der Waals surface area contributed by atoms with Gasteiger partial charge >= 0.3 is 0 Å². The minimum atomic E-state index is 0.306. The molecule has 0 aliphatic carbocycles. The molecule has 0 spiro atoms. The molecule has 0 aliphatic rings. The van der Waals surface area contributed by atoms with Crippen molar-refractivity contribution in [3.05, 3.63) is 0 Å². The van der Waals surface area contributed by atoms with E-state index in [-0.39, 0.29) is 0 Å². The van der Waals surface area contributed by atoms with Crippen molar-refractivity contribution in [1.29, 1.82) is 0 Å². The monoisotopic (exact) mass is 121 g/mol. The Bertz CT molecular complexity index is 25.7. The highest BCUT2D eigenvalue weighted by Crippen LogP contribution is 1.83. The van der Waals surface area contributed by atoms with E-state index in [1.807, 2.05) is 13.8 Å². The maximum absolute atomic E-state index is 8.14. The van der Waals surface area contributed by atoms with Crippen LogP contribution in [0.4, 0.5) is 0 Å². The summed E-state index contributed by atoms with van der Waals surface area (Å²) >= 11 is 0. The fourth-order valence-corrected chi connectivity index (χ4v) is 0. The second kappa shape index (κ2) is 9.46. The average Bonchev–Trinajstić information content (AvgIpc) is 1.73. The van der Waals surface area contributed by atoms with Crippen molar-refractivity contribution >= 4 is 10.4 Å². The van der Waals surface area contributed by atoms with Crippen molar-refractivity contribution in [3.63, 3.8) is 0 Å². The Kier molecular flexibility index (Phi) is 13.8. The number of nitrogens with two attached hydrogens (primary N) is 1. The number of hydrogen-bond acceptors (Lipinski definition) is 2. The first-order valence-corrected chi connectivity index (χ1v) is 3.61. The molecule has 0 aliphatic heterocycles. The van der Waals surface area contributed by atoms with E-state index in [0.29, 0.717) is 12.5 Å². The summed E-state index contributed by atoms with van der Waals surface area (Å²) in [7, 11) is 0.806. The molecule has 7 heavy (non-hydrogen) atoms. The largest absolute Gasteiger partial charge is 0.396 e. The van der Waals surface area contributed by atoms with Crippen LogP contribution in [0.3, 0.4) is 0 Å². The quantitative estimate of drug-likeness (QED) is 0.431. The zero-order valence-corrected chi connectivity index (χ0v) is 7.31. The van der Waals surface area contributed by atoms with Gasteiger partial charge in [-0.3, -0.25) is 0 Å². The molecule has 2 nitrogen and oxygen atoms in total. The van der Waals surface area contributed by atoms with E-state index in [4.69, 9.17) is 5.11 Å². The second-order valence-electron chi connectivity index (χ2n) is 1.58. The van der Waals surface area contributed by atoms with E-state index in [9.17, 15) is 0 Å². The van der Waals surface area contributed by atoms with Crippen LogP contribution in [0.2, 0.25) is 0 Å². The summed E-state index contributed by atoms with van der Waals surface area (Å²) in [6, 6.07) is 0. The molecule has 0 amide bonds. The van der Waals surface area contributed by atoms with Crippen LogP contribution in [0, 0.1) is 5.92 Å². The third kappa shape index (κ3) is 23.0. The Labute approximate surface area is 48.2 Å². The molecule has 0 aromatic carbocycles. The van der Waals surface area contributed by atoms with Gasteiger partial charge in [0.15, 0.2) is 0 Å². The molecule has 0 aromatic rings. The van der Waals surface area contributed by atoms with Crippen LogP contribution < -0.4 is 5.40 Å². The number of aliphatic hydroxyl groups excluding tert-OH is 1. The van der Waals surface area contributed by atoms with Crippen LogP contribution >= 0.6 is 0 Å². The van der Waals surface area contributed by atoms with Crippen molar-refractivity contribution in [1.82, 2.24) is 0 Å².